The SMILES string of the molecule is CCNC1CCC(CCN2CCC(Cc3cc(OC)ccc3Br)CC2)CC1.Cl.Cl. The van der Waals surface area contributed by atoms with Crippen LogP contribution < -0.4 is 10.1 Å². The van der Waals surface area contributed by atoms with Crippen molar-refractivity contribution in [2.45, 2.75) is 64.3 Å². The van der Waals surface area contributed by atoms with Gasteiger partial charge in [-0.3, -0.25) is 0 Å². The minimum absolute atomic E-state index is 0. The van der Waals surface area contributed by atoms with Gasteiger partial charge in [0.25, 0.3) is 0 Å². The Morgan fingerprint density at radius 3 is 2.34 bits per heavy atom. The van der Waals surface area contributed by atoms with Crippen molar-refractivity contribution >= 4 is 40.7 Å². The summed E-state index contributed by atoms with van der Waals surface area (Å²) in [6, 6.07) is 7.13. The molecular weight excluding hydrogens is 471 g/mol. The smallest absolute Gasteiger partial charge is 0.119 e. The highest BCUT2D eigenvalue weighted by Gasteiger charge is 2.23. The van der Waals surface area contributed by atoms with E-state index in [1.165, 1.54) is 81.0 Å². The molecule has 0 aromatic heterocycles. The average Bonchev–Trinajstić information content (AvgIpc) is 2.70. The molecule has 0 spiro atoms. The number of methoxy groups -OCH3 is 1. The van der Waals surface area contributed by atoms with Gasteiger partial charge in [-0.2, -0.15) is 0 Å². The number of nitrogens with zero attached hydrogens (tertiary/aromatic N) is 1. The summed E-state index contributed by atoms with van der Waals surface area (Å²) >= 11 is 3.71. The van der Waals surface area contributed by atoms with Crippen LogP contribution in [0.5, 0.6) is 5.75 Å². The molecule has 1 aliphatic carbocycles. The molecule has 0 bridgehead atoms. The molecule has 168 valence electrons. The van der Waals surface area contributed by atoms with Crippen LogP contribution in [0.4, 0.5) is 0 Å². The second kappa shape index (κ2) is 14.1. The number of halogens is 3. The van der Waals surface area contributed by atoms with Crippen LogP contribution in [-0.4, -0.2) is 44.2 Å². The first-order valence-corrected chi connectivity index (χ1v) is 11.7. The third-order valence-corrected chi connectivity index (χ3v) is 7.44. The molecule has 3 rings (SSSR count). The second-order valence-electron chi connectivity index (χ2n) is 8.51. The molecule has 0 amide bonds. The van der Waals surface area contributed by atoms with Gasteiger partial charge in [-0.15, -0.1) is 24.8 Å². The van der Waals surface area contributed by atoms with Gasteiger partial charge in [0.1, 0.15) is 5.75 Å². The summed E-state index contributed by atoms with van der Waals surface area (Å²) in [5, 5.41) is 3.62. The van der Waals surface area contributed by atoms with Gasteiger partial charge < -0.3 is 15.0 Å². The molecule has 1 aromatic carbocycles. The van der Waals surface area contributed by atoms with Crippen molar-refractivity contribution in [3.8, 4) is 5.75 Å². The lowest BCUT2D eigenvalue weighted by atomic mass is 9.83. The first-order chi connectivity index (χ1) is 13.2. The van der Waals surface area contributed by atoms with Crippen LogP contribution >= 0.6 is 40.7 Å². The number of likely N-dealkylation sites (tertiary alicyclic amines) is 1. The molecule has 1 saturated carbocycles. The van der Waals surface area contributed by atoms with E-state index in [0.29, 0.717) is 0 Å². The van der Waals surface area contributed by atoms with Crippen molar-refractivity contribution in [1.82, 2.24) is 10.2 Å². The van der Waals surface area contributed by atoms with E-state index in [2.05, 4.69) is 45.2 Å². The minimum atomic E-state index is 0. The Morgan fingerprint density at radius 1 is 1.03 bits per heavy atom. The number of rotatable bonds is 8. The minimum Gasteiger partial charge on any atom is -0.497 e. The molecule has 1 saturated heterocycles. The fourth-order valence-corrected chi connectivity index (χ4v) is 5.28. The number of nitrogens with one attached hydrogen (secondary N) is 1. The molecule has 3 nitrogen and oxygen atoms in total. The van der Waals surface area contributed by atoms with Gasteiger partial charge >= 0.3 is 0 Å². The van der Waals surface area contributed by atoms with Crippen molar-refractivity contribution in [2.24, 2.45) is 11.8 Å². The van der Waals surface area contributed by atoms with E-state index >= 15 is 0 Å². The topological polar surface area (TPSA) is 24.5 Å². The number of ether oxygens (including phenoxy) is 1. The van der Waals surface area contributed by atoms with Crippen LogP contribution in [0.25, 0.3) is 0 Å². The van der Waals surface area contributed by atoms with Crippen LogP contribution in [0.3, 0.4) is 0 Å². The van der Waals surface area contributed by atoms with Gasteiger partial charge in [-0.05, 0) is 113 Å². The van der Waals surface area contributed by atoms with Crippen molar-refractivity contribution in [1.29, 1.82) is 0 Å². The third kappa shape index (κ3) is 8.57. The molecule has 29 heavy (non-hydrogen) atoms. The molecule has 1 aliphatic heterocycles. The lowest BCUT2D eigenvalue weighted by Crippen LogP contribution is -2.37. The van der Waals surface area contributed by atoms with Crippen molar-refractivity contribution in [3.05, 3.63) is 28.2 Å². The van der Waals surface area contributed by atoms with Crippen molar-refractivity contribution < 1.29 is 4.74 Å². The molecule has 6 heteroatoms. The highest BCUT2D eigenvalue weighted by molar-refractivity contribution is 9.10. The fourth-order valence-electron chi connectivity index (χ4n) is 4.87. The molecule has 2 aliphatic rings. The summed E-state index contributed by atoms with van der Waals surface area (Å²) in [7, 11) is 1.75. The predicted molar refractivity (Wildman–Crippen MR) is 132 cm³/mol. The van der Waals surface area contributed by atoms with Crippen LogP contribution in [0.1, 0.15) is 57.4 Å². The summed E-state index contributed by atoms with van der Waals surface area (Å²) in [6.07, 6.45) is 10.9. The molecule has 0 radical (unpaired) electrons. The van der Waals surface area contributed by atoms with Crippen LogP contribution in [-0.2, 0) is 6.42 Å². The maximum Gasteiger partial charge on any atom is 0.119 e. The second-order valence-corrected chi connectivity index (χ2v) is 9.36. The molecule has 1 heterocycles. The summed E-state index contributed by atoms with van der Waals surface area (Å²) < 4.78 is 6.61. The largest absolute Gasteiger partial charge is 0.497 e. The molecule has 2 fully saturated rings. The van der Waals surface area contributed by atoms with E-state index in [0.717, 1.165) is 30.2 Å². The third-order valence-electron chi connectivity index (χ3n) is 6.66. The summed E-state index contributed by atoms with van der Waals surface area (Å²) in [4.78, 5) is 2.72. The average molecular weight is 510 g/mol. The maximum atomic E-state index is 5.39. The normalized spacial score (nSPS) is 23.1. The van der Waals surface area contributed by atoms with E-state index in [9.17, 15) is 0 Å². The van der Waals surface area contributed by atoms with E-state index < -0.39 is 0 Å². The monoisotopic (exact) mass is 508 g/mol. The van der Waals surface area contributed by atoms with E-state index in [-0.39, 0.29) is 24.8 Å². The van der Waals surface area contributed by atoms with Gasteiger partial charge in [0.05, 0.1) is 7.11 Å². The zero-order valence-electron chi connectivity index (χ0n) is 18.0. The number of hydrogen-bond donors (Lipinski definition) is 1. The predicted octanol–water partition coefficient (Wildman–Crippen LogP) is 6.11. The van der Waals surface area contributed by atoms with Crippen LogP contribution in [0.15, 0.2) is 22.7 Å². The lowest BCUT2D eigenvalue weighted by molar-refractivity contribution is 0.163. The molecular formula is C23H39BrCl2N2O. The number of hydrogen-bond acceptors (Lipinski definition) is 3. The standard InChI is InChI=1S/C23H37BrN2O.2ClH/c1-3-25-21-6-4-18(5-7-21)10-13-26-14-11-19(12-15-26)16-20-17-22(27-2)8-9-23(20)24;;/h8-9,17-19,21,25H,3-7,10-16H2,1-2H3;2*1H. The van der Waals surface area contributed by atoms with E-state index in [1.54, 1.807) is 7.11 Å². The fraction of sp³-hybridized carbons (Fsp3) is 0.739. The van der Waals surface area contributed by atoms with Crippen molar-refractivity contribution in [3.63, 3.8) is 0 Å². The van der Waals surface area contributed by atoms with Crippen molar-refractivity contribution in [2.75, 3.05) is 33.3 Å². The zero-order valence-corrected chi connectivity index (χ0v) is 21.2. The van der Waals surface area contributed by atoms with Gasteiger partial charge in [0, 0.05) is 10.5 Å². The van der Waals surface area contributed by atoms with E-state index in [1.807, 2.05) is 6.07 Å². The Morgan fingerprint density at radius 2 is 1.72 bits per heavy atom. The molecule has 0 unspecified atom stereocenters. The Balaban J connectivity index is 0.00000210. The lowest BCUT2D eigenvalue weighted by Gasteiger charge is -2.34. The summed E-state index contributed by atoms with van der Waals surface area (Å²) in [5.41, 5.74) is 1.39. The van der Waals surface area contributed by atoms with Crippen LogP contribution in [0, 0.1) is 11.8 Å². The summed E-state index contributed by atoms with van der Waals surface area (Å²) in [5.74, 6) is 2.74. The van der Waals surface area contributed by atoms with Gasteiger partial charge in [0.15, 0.2) is 0 Å². The first-order valence-electron chi connectivity index (χ1n) is 11.0. The Labute approximate surface area is 198 Å². The van der Waals surface area contributed by atoms with E-state index in [4.69, 9.17) is 4.74 Å². The summed E-state index contributed by atoms with van der Waals surface area (Å²) in [6.45, 7) is 7.21. The Bertz CT molecular complexity index is 574. The molecule has 0 atom stereocenters. The Hall–Kier alpha value is -0.000000000000000111. The Kier molecular flexibility index (Phi) is 13.2. The first kappa shape index (κ1) is 27.0. The quantitative estimate of drug-likeness (QED) is 0.457. The van der Waals surface area contributed by atoms with Gasteiger partial charge in [0.2, 0.25) is 0 Å². The molecule has 1 N–H and O–H groups in total. The molecule has 1 aromatic rings. The zero-order chi connectivity index (χ0) is 19.1. The van der Waals surface area contributed by atoms with Gasteiger partial charge in [-0.25, -0.2) is 0 Å². The highest BCUT2D eigenvalue weighted by Crippen LogP contribution is 2.30. The number of piperidine rings is 1. The van der Waals surface area contributed by atoms with Gasteiger partial charge in [-0.1, -0.05) is 22.9 Å². The highest BCUT2D eigenvalue weighted by atomic mass is 79.9. The maximum absolute atomic E-state index is 5.39. The van der Waals surface area contributed by atoms with Crippen LogP contribution in [0.2, 0.25) is 0 Å². The number of benzene rings is 1.